The first kappa shape index (κ1) is 18.0. The predicted molar refractivity (Wildman–Crippen MR) is 105 cm³/mol. The van der Waals surface area contributed by atoms with Crippen molar-refractivity contribution >= 4 is 34.6 Å². The van der Waals surface area contributed by atoms with Gasteiger partial charge in [-0.25, -0.2) is 5.43 Å². The SMILES string of the molecule is COc1ccc(Cl)c(CC(=O)N/N=C/c2c(C)n(C)c3ccccc23)c1. The molecule has 0 atom stereocenters. The maximum atomic E-state index is 12.2. The molecule has 0 saturated heterocycles. The van der Waals surface area contributed by atoms with Crippen molar-refractivity contribution in [3.05, 3.63) is 64.3 Å². The molecule has 2 aromatic carbocycles. The Kier molecular flexibility index (Phi) is 5.28. The third-order valence-electron chi connectivity index (χ3n) is 4.44. The van der Waals surface area contributed by atoms with Gasteiger partial charge in [-0.1, -0.05) is 29.8 Å². The molecule has 5 nitrogen and oxygen atoms in total. The lowest BCUT2D eigenvalue weighted by atomic mass is 10.1. The van der Waals surface area contributed by atoms with Gasteiger partial charge in [0.25, 0.3) is 0 Å². The number of halogens is 1. The predicted octanol–water partition coefficient (Wildman–Crippen LogP) is 3.84. The Bertz CT molecular complexity index is 992. The molecule has 0 saturated carbocycles. The van der Waals surface area contributed by atoms with Crippen LogP contribution in [-0.2, 0) is 18.3 Å². The van der Waals surface area contributed by atoms with Crippen LogP contribution in [0.3, 0.4) is 0 Å². The van der Waals surface area contributed by atoms with Crippen LogP contribution in [0.5, 0.6) is 5.75 Å². The van der Waals surface area contributed by atoms with Crippen LogP contribution < -0.4 is 10.2 Å². The highest BCUT2D eigenvalue weighted by molar-refractivity contribution is 6.31. The summed E-state index contributed by atoms with van der Waals surface area (Å²) in [6, 6.07) is 13.3. The van der Waals surface area contributed by atoms with E-state index in [4.69, 9.17) is 16.3 Å². The molecule has 1 N–H and O–H groups in total. The third-order valence-corrected chi connectivity index (χ3v) is 4.80. The van der Waals surface area contributed by atoms with Crippen molar-refractivity contribution in [1.29, 1.82) is 0 Å². The molecule has 3 aromatic rings. The minimum atomic E-state index is -0.241. The molecule has 0 spiro atoms. The number of nitrogens with zero attached hydrogens (tertiary/aromatic N) is 2. The second-order valence-corrected chi connectivity index (χ2v) is 6.41. The van der Waals surface area contributed by atoms with Crippen molar-refractivity contribution < 1.29 is 9.53 Å². The summed E-state index contributed by atoms with van der Waals surface area (Å²) < 4.78 is 7.27. The number of carbonyl (C=O) groups excluding carboxylic acids is 1. The summed E-state index contributed by atoms with van der Waals surface area (Å²) in [4.78, 5) is 12.2. The number of amides is 1. The summed E-state index contributed by atoms with van der Waals surface area (Å²) >= 11 is 6.14. The van der Waals surface area contributed by atoms with Gasteiger partial charge < -0.3 is 9.30 Å². The lowest BCUT2D eigenvalue weighted by Gasteiger charge is -2.06. The minimum absolute atomic E-state index is 0.127. The van der Waals surface area contributed by atoms with Crippen LogP contribution in [0.15, 0.2) is 47.6 Å². The summed E-state index contributed by atoms with van der Waals surface area (Å²) in [5.41, 5.74) is 6.46. The van der Waals surface area contributed by atoms with E-state index in [2.05, 4.69) is 21.2 Å². The molecule has 134 valence electrons. The number of nitrogens with one attached hydrogen (secondary N) is 1. The van der Waals surface area contributed by atoms with Gasteiger partial charge in [0, 0.05) is 34.2 Å². The number of ether oxygens (including phenoxy) is 1. The van der Waals surface area contributed by atoms with Gasteiger partial charge in [-0.2, -0.15) is 5.10 Å². The number of hydrogen-bond acceptors (Lipinski definition) is 3. The lowest BCUT2D eigenvalue weighted by Crippen LogP contribution is -2.20. The van der Waals surface area contributed by atoms with Crippen molar-refractivity contribution in [2.75, 3.05) is 7.11 Å². The zero-order valence-electron chi connectivity index (χ0n) is 14.9. The van der Waals surface area contributed by atoms with Crippen LogP contribution in [0, 0.1) is 6.92 Å². The van der Waals surface area contributed by atoms with Gasteiger partial charge in [0.05, 0.1) is 19.7 Å². The van der Waals surface area contributed by atoms with Crippen LogP contribution in [0.2, 0.25) is 5.02 Å². The number of aryl methyl sites for hydroxylation is 1. The highest BCUT2D eigenvalue weighted by Gasteiger charge is 2.10. The monoisotopic (exact) mass is 369 g/mol. The summed E-state index contributed by atoms with van der Waals surface area (Å²) in [5, 5.41) is 5.74. The first-order valence-corrected chi connectivity index (χ1v) is 8.57. The average molecular weight is 370 g/mol. The Balaban J connectivity index is 1.73. The highest BCUT2D eigenvalue weighted by atomic mass is 35.5. The highest BCUT2D eigenvalue weighted by Crippen LogP contribution is 2.23. The number of hydrogen-bond donors (Lipinski definition) is 1. The minimum Gasteiger partial charge on any atom is -0.497 e. The van der Waals surface area contributed by atoms with Crippen molar-refractivity contribution in [3.8, 4) is 5.75 Å². The molecule has 26 heavy (non-hydrogen) atoms. The number of benzene rings is 2. The Morgan fingerprint density at radius 1 is 1.31 bits per heavy atom. The third kappa shape index (κ3) is 3.58. The molecule has 0 fully saturated rings. The van der Waals surface area contributed by atoms with E-state index in [-0.39, 0.29) is 12.3 Å². The molecular formula is C20H20ClN3O2. The summed E-state index contributed by atoms with van der Waals surface area (Å²) in [7, 11) is 3.59. The number of carbonyl (C=O) groups is 1. The summed E-state index contributed by atoms with van der Waals surface area (Å²) in [6.07, 6.45) is 1.81. The average Bonchev–Trinajstić information content (AvgIpc) is 2.89. The molecule has 0 aliphatic rings. The molecule has 0 aliphatic carbocycles. The van der Waals surface area contributed by atoms with Crippen LogP contribution in [0.25, 0.3) is 10.9 Å². The van der Waals surface area contributed by atoms with E-state index in [9.17, 15) is 4.79 Å². The number of rotatable bonds is 5. The van der Waals surface area contributed by atoms with Crippen molar-refractivity contribution in [3.63, 3.8) is 0 Å². The second kappa shape index (κ2) is 7.62. The molecule has 1 heterocycles. The van der Waals surface area contributed by atoms with Gasteiger partial charge in [-0.05, 0) is 36.8 Å². The molecule has 1 amide bonds. The van der Waals surface area contributed by atoms with Gasteiger partial charge in [0.15, 0.2) is 0 Å². The summed E-state index contributed by atoms with van der Waals surface area (Å²) in [6.45, 7) is 2.03. The van der Waals surface area contributed by atoms with Crippen LogP contribution in [0.4, 0.5) is 0 Å². The van der Waals surface area contributed by atoms with E-state index in [0.29, 0.717) is 16.3 Å². The number of para-hydroxylation sites is 1. The molecule has 0 bridgehead atoms. The number of fused-ring (bicyclic) bond motifs is 1. The summed E-state index contributed by atoms with van der Waals surface area (Å²) in [5.74, 6) is 0.418. The van der Waals surface area contributed by atoms with Crippen molar-refractivity contribution in [2.24, 2.45) is 12.1 Å². The standard InChI is InChI=1S/C20H20ClN3O2/c1-13-17(16-6-4-5-7-19(16)24(13)2)12-22-23-20(25)11-14-10-15(26-3)8-9-18(14)21/h4-10,12H,11H2,1-3H3,(H,23,25)/b22-12+. The van der Waals surface area contributed by atoms with E-state index in [1.165, 1.54) is 0 Å². The topological polar surface area (TPSA) is 55.6 Å². The van der Waals surface area contributed by atoms with E-state index in [1.807, 2.05) is 32.2 Å². The van der Waals surface area contributed by atoms with Crippen LogP contribution in [-0.4, -0.2) is 23.8 Å². The molecule has 1 aromatic heterocycles. The van der Waals surface area contributed by atoms with Gasteiger partial charge >= 0.3 is 0 Å². The number of methoxy groups -OCH3 is 1. The Hall–Kier alpha value is -2.79. The molecule has 3 rings (SSSR count). The van der Waals surface area contributed by atoms with Crippen molar-refractivity contribution in [1.82, 2.24) is 9.99 Å². The van der Waals surface area contributed by atoms with E-state index >= 15 is 0 Å². The fourth-order valence-electron chi connectivity index (χ4n) is 2.91. The zero-order chi connectivity index (χ0) is 18.7. The van der Waals surface area contributed by atoms with Gasteiger partial charge in [-0.15, -0.1) is 0 Å². The Morgan fingerprint density at radius 2 is 2.08 bits per heavy atom. The van der Waals surface area contributed by atoms with Crippen LogP contribution >= 0.6 is 11.6 Å². The number of aromatic nitrogens is 1. The fourth-order valence-corrected chi connectivity index (χ4v) is 3.09. The maximum absolute atomic E-state index is 12.2. The Morgan fingerprint density at radius 3 is 2.85 bits per heavy atom. The molecule has 6 heteroatoms. The van der Waals surface area contributed by atoms with Crippen LogP contribution in [0.1, 0.15) is 16.8 Å². The van der Waals surface area contributed by atoms with E-state index in [0.717, 1.165) is 22.2 Å². The van der Waals surface area contributed by atoms with E-state index < -0.39 is 0 Å². The largest absolute Gasteiger partial charge is 0.497 e. The van der Waals surface area contributed by atoms with Gasteiger partial charge in [0.2, 0.25) is 5.91 Å². The van der Waals surface area contributed by atoms with Gasteiger partial charge in [0.1, 0.15) is 5.75 Å². The lowest BCUT2D eigenvalue weighted by molar-refractivity contribution is -0.120. The maximum Gasteiger partial charge on any atom is 0.244 e. The molecule has 0 unspecified atom stereocenters. The quantitative estimate of drug-likeness (QED) is 0.548. The first-order chi connectivity index (χ1) is 12.5. The molecule has 0 aliphatic heterocycles. The molecule has 0 radical (unpaired) electrons. The van der Waals surface area contributed by atoms with Gasteiger partial charge in [-0.3, -0.25) is 4.79 Å². The normalized spacial score (nSPS) is 11.2. The second-order valence-electron chi connectivity index (χ2n) is 6.00. The van der Waals surface area contributed by atoms with Crippen molar-refractivity contribution in [2.45, 2.75) is 13.3 Å². The molecular weight excluding hydrogens is 350 g/mol. The van der Waals surface area contributed by atoms with E-state index in [1.54, 1.807) is 31.5 Å². The number of hydrazone groups is 1. The fraction of sp³-hybridized carbons (Fsp3) is 0.200. The first-order valence-electron chi connectivity index (χ1n) is 8.19. The smallest absolute Gasteiger partial charge is 0.244 e. The zero-order valence-corrected chi connectivity index (χ0v) is 15.7. The Labute approximate surface area is 157 Å².